The fraction of sp³-hybridized carbons (Fsp3) is 0.760. The summed E-state index contributed by atoms with van der Waals surface area (Å²) < 4.78 is 45.9. The van der Waals surface area contributed by atoms with Crippen LogP contribution in [0.4, 0.5) is 0 Å². The molecule has 0 aromatic heterocycles. The molecule has 0 spiro atoms. The van der Waals surface area contributed by atoms with Crippen LogP contribution in [0.1, 0.15) is 253 Å². The Morgan fingerprint density at radius 2 is 0.746 bits per heavy atom. The van der Waals surface area contributed by atoms with Crippen molar-refractivity contribution < 1.29 is 83.4 Å². The van der Waals surface area contributed by atoms with E-state index < -0.39 is 27.0 Å². The molecule has 1 aromatic carbocycles. The number of carbonyl (C=O) groups is 2. The molecule has 0 atom stereocenters. The zero-order valence-corrected chi connectivity index (χ0v) is 42.2. The van der Waals surface area contributed by atoms with Gasteiger partial charge in [-0.15, -0.1) is 0 Å². The van der Waals surface area contributed by atoms with Gasteiger partial charge >= 0.3 is 63.3 Å². The number of rotatable bonds is 41. The minimum absolute atomic E-state index is 0. The molecule has 0 saturated carbocycles. The van der Waals surface area contributed by atoms with E-state index in [-0.39, 0.29) is 75.7 Å². The minimum atomic E-state index is -4.82. The number of hydrogen-bond donors (Lipinski definition) is 0. The van der Waals surface area contributed by atoms with Crippen molar-refractivity contribution in [2.24, 2.45) is 0 Å². The molecule has 7 nitrogen and oxygen atoms in total. The van der Waals surface area contributed by atoms with Crippen molar-refractivity contribution >= 4 is 22.1 Å². The molecule has 1 rings (SSSR count). The predicted octanol–water partition coefficient (Wildman–Crippen LogP) is 12.3. The number of carbonyl (C=O) groups excluding carboxylic acids is 2. The Hall–Kier alpha value is -0.814. The number of allylic oxidation sites excluding steroid dienone is 4. The van der Waals surface area contributed by atoms with Gasteiger partial charge < -0.3 is 14.0 Å². The zero-order valence-electron chi connectivity index (χ0n) is 38.3. The van der Waals surface area contributed by atoms with E-state index in [1.54, 1.807) is 0 Å². The molecule has 0 N–H and O–H groups in total. The van der Waals surface area contributed by atoms with Gasteiger partial charge in [-0.25, -0.2) is 18.0 Å². The van der Waals surface area contributed by atoms with Gasteiger partial charge in [0.2, 0.25) is 0 Å². The van der Waals surface area contributed by atoms with E-state index in [0.29, 0.717) is 12.8 Å². The Bertz CT molecular complexity index is 1310. The van der Waals surface area contributed by atoms with Crippen LogP contribution in [0.3, 0.4) is 0 Å². The van der Waals surface area contributed by atoms with Gasteiger partial charge in [0.1, 0.15) is 10.1 Å². The summed E-state index contributed by atoms with van der Waals surface area (Å²) in [6.07, 6.45) is 50.7. The molecule has 1 aromatic rings. The molecule has 0 saturated heterocycles. The van der Waals surface area contributed by atoms with Crippen molar-refractivity contribution in [3.63, 3.8) is 0 Å². The van der Waals surface area contributed by atoms with Gasteiger partial charge in [0.25, 0.3) is 0 Å². The zero-order chi connectivity index (χ0) is 42.2. The van der Waals surface area contributed by atoms with E-state index in [1.807, 2.05) is 0 Å². The van der Waals surface area contributed by atoms with Gasteiger partial charge in [-0.2, -0.15) is 0 Å². The van der Waals surface area contributed by atoms with E-state index in [1.165, 1.54) is 173 Å². The van der Waals surface area contributed by atoms with Gasteiger partial charge in [0.15, 0.2) is 0 Å². The molecule has 0 aliphatic carbocycles. The van der Waals surface area contributed by atoms with Gasteiger partial charge in [-0.3, -0.25) is 0 Å². The van der Waals surface area contributed by atoms with Crippen LogP contribution in [-0.4, -0.2) is 38.1 Å². The van der Waals surface area contributed by atoms with E-state index in [9.17, 15) is 22.6 Å². The Morgan fingerprint density at radius 1 is 0.458 bits per heavy atom. The summed E-state index contributed by atoms with van der Waals surface area (Å²) in [5, 5.41) is 0. The SMILES string of the molecule is CCCCCCCC/C=C/CCCCCCCCCCCOC(=O)c1ccc(S(=O)(=O)[O-])cc1C(=O)OCCCCCCCCCCC/C=C/CCCCCCCC.[K+]. The molecule has 334 valence electrons. The monoisotopic (exact) mass is 869 g/mol. The summed E-state index contributed by atoms with van der Waals surface area (Å²) in [5.41, 5.74) is -0.339. The van der Waals surface area contributed by atoms with Crippen LogP contribution in [0, 0.1) is 0 Å². The van der Waals surface area contributed by atoms with Crippen molar-refractivity contribution in [1.29, 1.82) is 0 Å². The first-order valence-corrected chi connectivity index (χ1v) is 25.5. The Kier molecular flexibility index (Phi) is 41.9. The summed E-state index contributed by atoms with van der Waals surface area (Å²) >= 11 is 0. The summed E-state index contributed by atoms with van der Waals surface area (Å²) in [6.45, 7) is 4.88. The summed E-state index contributed by atoms with van der Waals surface area (Å²) in [7, 11) is -4.82. The summed E-state index contributed by atoms with van der Waals surface area (Å²) in [6, 6.07) is 3.14. The molecule has 0 unspecified atom stereocenters. The van der Waals surface area contributed by atoms with Crippen molar-refractivity contribution in [3.8, 4) is 0 Å². The smallest absolute Gasteiger partial charge is 0.744 e. The number of hydrogen-bond acceptors (Lipinski definition) is 7. The predicted molar refractivity (Wildman–Crippen MR) is 242 cm³/mol. The molecule has 0 heterocycles. The first kappa shape index (κ1) is 58.2. The molecular weight excluding hydrogens is 784 g/mol. The average Bonchev–Trinajstić information content (AvgIpc) is 3.21. The number of benzene rings is 1. The number of ether oxygens (including phenoxy) is 2. The van der Waals surface area contributed by atoms with Crippen LogP contribution in [0.2, 0.25) is 0 Å². The van der Waals surface area contributed by atoms with Crippen LogP contribution in [-0.2, 0) is 19.6 Å². The van der Waals surface area contributed by atoms with E-state index >= 15 is 0 Å². The topological polar surface area (TPSA) is 110 Å². The second-order valence-electron chi connectivity index (χ2n) is 16.4. The molecule has 59 heavy (non-hydrogen) atoms. The number of esters is 2. The second kappa shape index (κ2) is 42.5. The van der Waals surface area contributed by atoms with Crippen molar-refractivity contribution in [1.82, 2.24) is 0 Å². The molecule has 9 heteroatoms. The standard InChI is InChI=1S/C50H86O7S.K/c1-3-5-7-9-11-13-15-17-19-21-23-25-27-29-31-33-35-37-39-43-56-49(51)47-42-41-46(58(53,54)55)45-48(47)50(52)57-44-40-38-36-34-32-30-28-26-24-22-20-18-16-14-12-10-8-6-4-2;/h17-20,41-42,45H,3-16,21-40,43-44H2,1-2H3,(H,53,54,55);/q;+1/p-1/b19-17+,20-18+;. The number of unbranched alkanes of at least 4 members (excludes halogenated alkanes) is 30. The molecule has 0 aliphatic rings. The van der Waals surface area contributed by atoms with Gasteiger partial charge in [-0.05, 0) is 82.4 Å². The quantitative estimate of drug-likeness (QED) is 0.0212. The molecule has 0 aliphatic heterocycles. The van der Waals surface area contributed by atoms with Crippen LogP contribution < -0.4 is 51.4 Å². The largest absolute Gasteiger partial charge is 1.00 e. The van der Waals surface area contributed by atoms with Crippen LogP contribution in [0.15, 0.2) is 47.4 Å². The van der Waals surface area contributed by atoms with E-state index in [4.69, 9.17) is 9.47 Å². The molecule has 0 amide bonds. The van der Waals surface area contributed by atoms with Crippen molar-refractivity contribution in [3.05, 3.63) is 53.6 Å². The van der Waals surface area contributed by atoms with Gasteiger partial charge in [0, 0.05) is 0 Å². The Balaban J connectivity index is 0.0000336. The maximum atomic E-state index is 13.0. The van der Waals surface area contributed by atoms with Crippen molar-refractivity contribution in [2.75, 3.05) is 13.2 Å². The first-order chi connectivity index (χ1) is 28.3. The second-order valence-corrected chi connectivity index (χ2v) is 17.8. The fourth-order valence-corrected chi connectivity index (χ4v) is 7.77. The first-order valence-electron chi connectivity index (χ1n) is 24.0. The molecule has 0 bridgehead atoms. The van der Waals surface area contributed by atoms with E-state index in [0.717, 1.165) is 50.7 Å². The van der Waals surface area contributed by atoms with E-state index in [2.05, 4.69) is 38.2 Å². The molecular formula is C50H85KO7S. The van der Waals surface area contributed by atoms with Gasteiger partial charge in [0.05, 0.1) is 29.2 Å². The molecule has 0 radical (unpaired) electrons. The maximum absolute atomic E-state index is 13.0. The van der Waals surface area contributed by atoms with Crippen LogP contribution in [0.5, 0.6) is 0 Å². The Morgan fingerprint density at radius 3 is 1.07 bits per heavy atom. The minimum Gasteiger partial charge on any atom is -0.744 e. The third kappa shape index (κ3) is 35.4. The Labute approximate surface area is 405 Å². The third-order valence-corrected chi connectivity index (χ3v) is 11.8. The van der Waals surface area contributed by atoms with Crippen LogP contribution >= 0.6 is 0 Å². The third-order valence-electron chi connectivity index (χ3n) is 11.0. The van der Waals surface area contributed by atoms with Gasteiger partial charge in [-0.1, -0.05) is 192 Å². The fourth-order valence-electron chi connectivity index (χ4n) is 7.27. The van der Waals surface area contributed by atoms with Crippen molar-refractivity contribution in [2.45, 2.75) is 237 Å². The summed E-state index contributed by atoms with van der Waals surface area (Å²) in [5.74, 6) is -1.55. The summed E-state index contributed by atoms with van der Waals surface area (Å²) in [4.78, 5) is 25.3. The normalized spacial score (nSPS) is 11.7. The van der Waals surface area contributed by atoms with Crippen LogP contribution in [0.25, 0.3) is 0 Å². The maximum Gasteiger partial charge on any atom is 1.00 e. The molecule has 0 fully saturated rings. The average molecular weight is 869 g/mol.